The van der Waals surface area contributed by atoms with Gasteiger partial charge in [-0.05, 0) is 32.1 Å². The molecule has 0 aliphatic carbocycles. The van der Waals surface area contributed by atoms with Crippen LogP contribution in [0.3, 0.4) is 0 Å². The van der Waals surface area contributed by atoms with Crippen LogP contribution in [0.2, 0.25) is 0 Å². The minimum absolute atomic E-state index is 0.0822. The van der Waals surface area contributed by atoms with Crippen molar-refractivity contribution in [1.29, 1.82) is 0 Å². The van der Waals surface area contributed by atoms with Gasteiger partial charge < -0.3 is 14.9 Å². The summed E-state index contributed by atoms with van der Waals surface area (Å²) in [6, 6.07) is 0.342. The normalized spacial score (nSPS) is 20.4. The highest BCUT2D eigenvalue weighted by molar-refractivity contribution is 5.74. The van der Waals surface area contributed by atoms with E-state index in [0.717, 1.165) is 25.8 Å². The molecule has 1 aliphatic rings. The predicted octanol–water partition coefficient (Wildman–Crippen LogP) is 2.41. The lowest BCUT2D eigenvalue weighted by Gasteiger charge is -2.29. The molecule has 0 aromatic heterocycles. The third-order valence-electron chi connectivity index (χ3n) is 3.99. The van der Waals surface area contributed by atoms with Gasteiger partial charge in [0.1, 0.15) is 0 Å². The Kier molecular flexibility index (Phi) is 6.12. The third kappa shape index (κ3) is 4.73. The SMILES string of the molecule is CCCC(C)N(C)C(=O)N1CCC(CCC(=O)O)C1. The van der Waals surface area contributed by atoms with Gasteiger partial charge in [0, 0.05) is 32.6 Å². The lowest BCUT2D eigenvalue weighted by molar-refractivity contribution is -0.137. The zero-order valence-electron chi connectivity index (χ0n) is 12.3. The maximum atomic E-state index is 12.3. The molecule has 0 radical (unpaired) electrons. The van der Waals surface area contributed by atoms with Crippen LogP contribution in [0.5, 0.6) is 0 Å². The second-order valence-electron chi connectivity index (χ2n) is 5.56. The monoisotopic (exact) mass is 270 g/mol. The smallest absolute Gasteiger partial charge is 0.319 e. The van der Waals surface area contributed by atoms with E-state index in [0.29, 0.717) is 18.9 Å². The van der Waals surface area contributed by atoms with Crippen LogP contribution in [0.1, 0.15) is 46.0 Å². The number of carbonyl (C=O) groups excluding carboxylic acids is 1. The number of carboxylic acid groups (broad SMARTS) is 1. The molecule has 0 aromatic rings. The van der Waals surface area contributed by atoms with Gasteiger partial charge in [0.05, 0.1) is 0 Å². The minimum atomic E-state index is -0.751. The van der Waals surface area contributed by atoms with Gasteiger partial charge >= 0.3 is 12.0 Å². The van der Waals surface area contributed by atoms with Crippen molar-refractivity contribution in [3.05, 3.63) is 0 Å². The fourth-order valence-electron chi connectivity index (χ4n) is 2.59. The van der Waals surface area contributed by atoms with E-state index in [-0.39, 0.29) is 18.5 Å². The molecule has 2 unspecified atom stereocenters. The number of urea groups is 1. The van der Waals surface area contributed by atoms with E-state index in [1.165, 1.54) is 0 Å². The molecule has 5 nitrogen and oxygen atoms in total. The number of hydrogen-bond acceptors (Lipinski definition) is 2. The van der Waals surface area contributed by atoms with Gasteiger partial charge in [0.25, 0.3) is 0 Å². The van der Waals surface area contributed by atoms with E-state index in [1.54, 1.807) is 0 Å². The summed E-state index contributed by atoms with van der Waals surface area (Å²) in [5.74, 6) is -0.409. The molecule has 2 atom stereocenters. The Morgan fingerprint density at radius 3 is 2.74 bits per heavy atom. The summed E-state index contributed by atoms with van der Waals surface area (Å²) >= 11 is 0. The van der Waals surface area contributed by atoms with Crippen molar-refractivity contribution in [2.45, 2.75) is 52.0 Å². The Balaban J connectivity index is 2.40. The van der Waals surface area contributed by atoms with Crippen molar-refractivity contribution in [2.75, 3.05) is 20.1 Å². The molecule has 5 heteroatoms. The maximum absolute atomic E-state index is 12.3. The predicted molar refractivity (Wildman–Crippen MR) is 74.1 cm³/mol. The van der Waals surface area contributed by atoms with E-state index in [4.69, 9.17) is 5.11 Å². The molecule has 19 heavy (non-hydrogen) atoms. The quantitative estimate of drug-likeness (QED) is 0.806. The maximum Gasteiger partial charge on any atom is 0.319 e. The summed E-state index contributed by atoms with van der Waals surface area (Å²) in [5, 5.41) is 8.68. The average molecular weight is 270 g/mol. The molecule has 0 saturated carbocycles. The van der Waals surface area contributed by atoms with Gasteiger partial charge in [-0.25, -0.2) is 4.79 Å². The number of carbonyl (C=O) groups is 2. The molecule has 1 aliphatic heterocycles. The van der Waals surface area contributed by atoms with E-state index >= 15 is 0 Å². The van der Waals surface area contributed by atoms with Gasteiger partial charge in [0.2, 0.25) is 0 Å². The Labute approximate surface area is 115 Å². The van der Waals surface area contributed by atoms with Crippen LogP contribution in [0, 0.1) is 5.92 Å². The highest BCUT2D eigenvalue weighted by atomic mass is 16.4. The van der Waals surface area contributed by atoms with E-state index in [2.05, 4.69) is 13.8 Å². The molecule has 2 amide bonds. The first-order valence-corrected chi connectivity index (χ1v) is 7.19. The average Bonchev–Trinajstić information content (AvgIpc) is 2.83. The van der Waals surface area contributed by atoms with Crippen LogP contribution in [0.25, 0.3) is 0 Å². The molecular weight excluding hydrogens is 244 g/mol. The Morgan fingerprint density at radius 2 is 2.16 bits per heavy atom. The number of amides is 2. The first-order chi connectivity index (χ1) is 8.95. The highest BCUT2D eigenvalue weighted by Gasteiger charge is 2.29. The summed E-state index contributed by atoms with van der Waals surface area (Å²) in [4.78, 5) is 26.5. The van der Waals surface area contributed by atoms with Crippen LogP contribution < -0.4 is 0 Å². The lowest BCUT2D eigenvalue weighted by atomic mass is 10.0. The van der Waals surface area contributed by atoms with Gasteiger partial charge in [-0.3, -0.25) is 4.79 Å². The first-order valence-electron chi connectivity index (χ1n) is 7.19. The molecule has 1 saturated heterocycles. The zero-order valence-corrected chi connectivity index (χ0v) is 12.3. The molecule has 1 rings (SSSR count). The van der Waals surface area contributed by atoms with Crippen molar-refractivity contribution in [1.82, 2.24) is 9.80 Å². The molecule has 1 heterocycles. The van der Waals surface area contributed by atoms with Crippen LogP contribution in [0.4, 0.5) is 4.79 Å². The lowest BCUT2D eigenvalue weighted by Crippen LogP contribution is -2.44. The summed E-state index contributed by atoms with van der Waals surface area (Å²) in [7, 11) is 1.85. The molecule has 0 bridgehead atoms. The standard InChI is InChI=1S/C14H26N2O3/c1-4-5-11(2)15(3)14(19)16-9-8-12(10-16)6-7-13(17)18/h11-12H,4-10H2,1-3H3,(H,17,18). The van der Waals surface area contributed by atoms with Crippen molar-refractivity contribution in [3.8, 4) is 0 Å². The fourth-order valence-corrected chi connectivity index (χ4v) is 2.59. The molecule has 0 spiro atoms. The Hall–Kier alpha value is -1.26. The van der Waals surface area contributed by atoms with Gasteiger partial charge in [-0.15, -0.1) is 0 Å². The van der Waals surface area contributed by atoms with Crippen molar-refractivity contribution in [2.24, 2.45) is 5.92 Å². The van der Waals surface area contributed by atoms with Crippen LogP contribution in [-0.2, 0) is 4.79 Å². The number of aliphatic carboxylic acids is 1. The number of nitrogens with zero attached hydrogens (tertiary/aromatic N) is 2. The molecular formula is C14H26N2O3. The van der Waals surface area contributed by atoms with E-state index in [9.17, 15) is 9.59 Å². The summed E-state index contributed by atoms with van der Waals surface area (Å²) < 4.78 is 0. The van der Waals surface area contributed by atoms with Crippen LogP contribution >= 0.6 is 0 Å². The minimum Gasteiger partial charge on any atom is -0.481 e. The fraction of sp³-hybridized carbons (Fsp3) is 0.857. The Bertz CT molecular complexity index is 320. The molecule has 1 fully saturated rings. The second kappa shape index (κ2) is 7.36. The van der Waals surface area contributed by atoms with Crippen molar-refractivity contribution < 1.29 is 14.7 Å². The molecule has 1 N–H and O–H groups in total. The summed E-state index contributed by atoms with van der Waals surface area (Å²) in [6.45, 7) is 5.65. The topological polar surface area (TPSA) is 60.9 Å². The van der Waals surface area contributed by atoms with Crippen LogP contribution in [-0.4, -0.2) is 53.1 Å². The first kappa shape index (κ1) is 15.8. The molecule has 110 valence electrons. The second-order valence-corrected chi connectivity index (χ2v) is 5.56. The zero-order chi connectivity index (χ0) is 14.4. The van der Waals surface area contributed by atoms with Gasteiger partial charge in [-0.2, -0.15) is 0 Å². The van der Waals surface area contributed by atoms with Crippen molar-refractivity contribution in [3.63, 3.8) is 0 Å². The van der Waals surface area contributed by atoms with Crippen LogP contribution in [0.15, 0.2) is 0 Å². The van der Waals surface area contributed by atoms with Crippen molar-refractivity contribution >= 4 is 12.0 Å². The summed E-state index contributed by atoms with van der Waals surface area (Å²) in [6.07, 6.45) is 3.88. The number of rotatable bonds is 6. The highest BCUT2D eigenvalue weighted by Crippen LogP contribution is 2.22. The van der Waals surface area contributed by atoms with Gasteiger partial charge in [0.15, 0.2) is 0 Å². The molecule has 0 aromatic carbocycles. The Morgan fingerprint density at radius 1 is 1.47 bits per heavy atom. The summed E-state index contributed by atoms with van der Waals surface area (Å²) in [5.41, 5.74) is 0. The van der Waals surface area contributed by atoms with Gasteiger partial charge in [-0.1, -0.05) is 13.3 Å². The van der Waals surface area contributed by atoms with E-state index in [1.807, 2.05) is 16.8 Å². The number of carboxylic acids is 1. The third-order valence-corrected chi connectivity index (χ3v) is 3.99. The number of likely N-dealkylation sites (tertiary alicyclic amines) is 1. The van der Waals surface area contributed by atoms with E-state index < -0.39 is 5.97 Å². The largest absolute Gasteiger partial charge is 0.481 e. The number of hydrogen-bond donors (Lipinski definition) is 1.